The molecule has 3 atom stereocenters. The fraction of sp³-hybridized carbons (Fsp3) is 0.588. The fourth-order valence-electron chi connectivity index (χ4n) is 3.49. The molecule has 0 saturated carbocycles. The second kappa shape index (κ2) is 6.16. The molecule has 1 amide bonds. The summed E-state index contributed by atoms with van der Waals surface area (Å²) in [5.74, 6) is 0.102. The first-order chi connectivity index (χ1) is 10.1. The minimum atomic E-state index is -0.124. The van der Waals surface area contributed by atoms with Crippen molar-refractivity contribution in [2.24, 2.45) is 0 Å². The summed E-state index contributed by atoms with van der Waals surface area (Å²) in [5.41, 5.74) is 5.75. The van der Waals surface area contributed by atoms with Crippen LogP contribution in [0.25, 0.3) is 0 Å². The van der Waals surface area contributed by atoms with E-state index in [0.29, 0.717) is 12.1 Å². The number of hydrazine groups is 1. The number of amides is 1. The number of benzene rings is 1. The Morgan fingerprint density at radius 2 is 1.86 bits per heavy atom. The van der Waals surface area contributed by atoms with Crippen LogP contribution in [0.5, 0.6) is 0 Å². The zero-order chi connectivity index (χ0) is 14.8. The van der Waals surface area contributed by atoms with E-state index in [1.165, 1.54) is 17.5 Å². The summed E-state index contributed by atoms with van der Waals surface area (Å²) in [4.78, 5) is 12.6. The zero-order valence-corrected chi connectivity index (χ0v) is 12.9. The molecule has 2 heterocycles. The van der Waals surface area contributed by atoms with Gasteiger partial charge in [0.25, 0.3) is 5.91 Å². The van der Waals surface area contributed by atoms with Crippen molar-refractivity contribution in [3.8, 4) is 0 Å². The Morgan fingerprint density at radius 1 is 1.19 bits per heavy atom. The van der Waals surface area contributed by atoms with Gasteiger partial charge in [-0.2, -0.15) is 0 Å². The third-order valence-corrected chi connectivity index (χ3v) is 4.83. The first-order valence-electron chi connectivity index (χ1n) is 8.04. The highest BCUT2D eigenvalue weighted by molar-refractivity contribution is 5.82. The Hall–Kier alpha value is -1.39. The van der Waals surface area contributed by atoms with Crippen LogP contribution < -0.4 is 10.7 Å². The minimum absolute atomic E-state index is 0.102. The second-order valence-electron chi connectivity index (χ2n) is 6.42. The van der Waals surface area contributed by atoms with Crippen LogP contribution in [0.2, 0.25) is 0 Å². The van der Waals surface area contributed by atoms with E-state index in [4.69, 9.17) is 0 Å². The van der Waals surface area contributed by atoms with Crippen LogP contribution in [-0.2, 0) is 17.8 Å². The molecular weight excluding hydrogens is 262 g/mol. The number of nitrogens with zero attached hydrogens (tertiary/aromatic N) is 1. The van der Waals surface area contributed by atoms with E-state index in [9.17, 15) is 4.79 Å². The number of carbonyl (C=O) groups excluding carboxylic acids is 1. The van der Waals surface area contributed by atoms with Gasteiger partial charge in [-0.15, -0.1) is 0 Å². The highest BCUT2D eigenvalue weighted by atomic mass is 16.2. The van der Waals surface area contributed by atoms with Crippen LogP contribution in [0.15, 0.2) is 24.3 Å². The molecule has 2 aliphatic rings. The smallest absolute Gasteiger partial charge is 0.251 e. The molecule has 4 nitrogen and oxygen atoms in total. The summed E-state index contributed by atoms with van der Waals surface area (Å²) in [6.45, 7) is 5.17. The van der Waals surface area contributed by atoms with Crippen molar-refractivity contribution in [1.29, 1.82) is 0 Å². The molecule has 0 spiro atoms. The number of piperidine rings is 1. The maximum atomic E-state index is 12.6. The van der Waals surface area contributed by atoms with E-state index in [2.05, 4.69) is 47.8 Å². The molecule has 114 valence electrons. The van der Waals surface area contributed by atoms with Crippen LogP contribution in [0.3, 0.4) is 0 Å². The van der Waals surface area contributed by atoms with Crippen molar-refractivity contribution < 1.29 is 4.79 Å². The van der Waals surface area contributed by atoms with Gasteiger partial charge < -0.3 is 5.32 Å². The Balaban J connectivity index is 1.64. The number of nitrogens with one attached hydrogen (secondary N) is 2. The van der Waals surface area contributed by atoms with Gasteiger partial charge >= 0.3 is 0 Å². The predicted octanol–water partition coefficient (Wildman–Crippen LogP) is 1.99. The van der Waals surface area contributed by atoms with Gasteiger partial charge in [-0.3, -0.25) is 10.2 Å². The van der Waals surface area contributed by atoms with E-state index < -0.39 is 0 Å². The lowest BCUT2D eigenvalue weighted by Crippen LogP contribution is -2.59. The van der Waals surface area contributed by atoms with Gasteiger partial charge in [0.15, 0.2) is 0 Å². The molecule has 1 saturated heterocycles. The normalized spacial score (nSPS) is 29.7. The number of rotatable bonds is 2. The lowest BCUT2D eigenvalue weighted by molar-refractivity contribution is -0.131. The highest BCUT2D eigenvalue weighted by Gasteiger charge is 2.30. The third kappa shape index (κ3) is 3.11. The summed E-state index contributed by atoms with van der Waals surface area (Å²) in [6.07, 6.45) is 4.35. The van der Waals surface area contributed by atoms with Crippen molar-refractivity contribution in [2.45, 2.75) is 64.2 Å². The highest BCUT2D eigenvalue weighted by Crippen LogP contribution is 2.21. The molecule has 0 aliphatic carbocycles. The topological polar surface area (TPSA) is 44.4 Å². The van der Waals surface area contributed by atoms with Gasteiger partial charge in [-0.1, -0.05) is 30.7 Å². The molecular formula is C17H25N3O. The summed E-state index contributed by atoms with van der Waals surface area (Å²) < 4.78 is 0. The minimum Gasteiger partial charge on any atom is -0.301 e. The molecule has 2 N–H and O–H groups in total. The lowest BCUT2D eigenvalue weighted by Gasteiger charge is -2.40. The summed E-state index contributed by atoms with van der Waals surface area (Å²) in [5, 5.41) is 5.50. The van der Waals surface area contributed by atoms with E-state index in [1.807, 2.05) is 6.07 Å². The van der Waals surface area contributed by atoms with E-state index in [1.54, 1.807) is 0 Å². The lowest BCUT2D eigenvalue weighted by atomic mass is 9.95. The summed E-state index contributed by atoms with van der Waals surface area (Å²) in [6, 6.07) is 9.09. The summed E-state index contributed by atoms with van der Waals surface area (Å²) in [7, 11) is 0. The third-order valence-electron chi connectivity index (χ3n) is 4.83. The number of fused-ring (bicyclic) bond motifs is 1. The Bertz CT molecular complexity index is 507. The molecule has 4 heteroatoms. The molecule has 0 bridgehead atoms. The molecule has 2 unspecified atom stereocenters. The van der Waals surface area contributed by atoms with Crippen LogP contribution in [-0.4, -0.2) is 29.0 Å². The maximum absolute atomic E-state index is 12.6. The van der Waals surface area contributed by atoms with Crippen molar-refractivity contribution in [1.82, 2.24) is 15.8 Å². The Kier molecular flexibility index (Phi) is 4.27. The van der Waals surface area contributed by atoms with Crippen molar-refractivity contribution >= 4 is 5.91 Å². The van der Waals surface area contributed by atoms with Gasteiger partial charge in [0.05, 0.1) is 6.04 Å². The fourth-order valence-corrected chi connectivity index (χ4v) is 3.49. The predicted molar refractivity (Wildman–Crippen MR) is 83.5 cm³/mol. The van der Waals surface area contributed by atoms with Gasteiger partial charge in [-0.05, 0) is 44.2 Å². The number of carbonyl (C=O) groups is 1. The van der Waals surface area contributed by atoms with Crippen molar-refractivity contribution in [2.75, 3.05) is 0 Å². The number of hydrogen-bond donors (Lipinski definition) is 2. The summed E-state index contributed by atoms with van der Waals surface area (Å²) >= 11 is 0. The monoisotopic (exact) mass is 287 g/mol. The first-order valence-corrected chi connectivity index (χ1v) is 8.04. The second-order valence-corrected chi connectivity index (χ2v) is 6.42. The average Bonchev–Trinajstić information content (AvgIpc) is 2.50. The van der Waals surface area contributed by atoms with E-state index in [-0.39, 0.29) is 11.9 Å². The van der Waals surface area contributed by atoms with E-state index >= 15 is 0 Å². The molecule has 21 heavy (non-hydrogen) atoms. The first kappa shape index (κ1) is 14.5. The van der Waals surface area contributed by atoms with Crippen LogP contribution in [0.4, 0.5) is 0 Å². The molecule has 1 fully saturated rings. The molecule has 0 aromatic heterocycles. The van der Waals surface area contributed by atoms with Gasteiger partial charge in [0.2, 0.25) is 0 Å². The van der Waals surface area contributed by atoms with Crippen molar-refractivity contribution in [3.05, 3.63) is 35.4 Å². The zero-order valence-electron chi connectivity index (χ0n) is 12.9. The quantitative estimate of drug-likeness (QED) is 0.874. The van der Waals surface area contributed by atoms with Crippen LogP contribution in [0, 0.1) is 0 Å². The molecule has 3 rings (SSSR count). The molecule has 0 radical (unpaired) electrons. The Labute approximate surface area is 126 Å². The Morgan fingerprint density at radius 3 is 2.57 bits per heavy atom. The SMILES string of the molecule is CC1CCCC(C)N1NC(=O)[C@H]1Cc2ccccc2CN1. The maximum Gasteiger partial charge on any atom is 0.251 e. The van der Waals surface area contributed by atoms with Crippen molar-refractivity contribution in [3.63, 3.8) is 0 Å². The van der Waals surface area contributed by atoms with Gasteiger partial charge in [-0.25, -0.2) is 5.01 Å². The molecule has 1 aromatic rings. The largest absolute Gasteiger partial charge is 0.301 e. The molecule has 1 aromatic carbocycles. The van der Waals surface area contributed by atoms with Crippen LogP contribution in [0.1, 0.15) is 44.2 Å². The van der Waals surface area contributed by atoms with Crippen LogP contribution >= 0.6 is 0 Å². The van der Waals surface area contributed by atoms with Gasteiger partial charge in [0, 0.05) is 18.6 Å². The average molecular weight is 287 g/mol. The molecule has 2 aliphatic heterocycles. The van der Waals surface area contributed by atoms with E-state index in [0.717, 1.165) is 25.8 Å². The number of hydrogen-bond acceptors (Lipinski definition) is 3. The standard InChI is InChI=1S/C17H25N3O/c1-12-6-5-7-13(2)20(12)19-17(21)16-10-14-8-3-4-9-15(14)11-18-16/h3-4,8-9,12-13,16,18H,5-7,10-11H2,1-2H3,(H,19,21)/t12?,13?,16-/m1/s1. The van der Waals surface area contributed by atoms with Gasteiger partial charge in [0.1, 0.15) is 0 Å².